The van der Waals surface area contributed by atoms with Gasteiger partial charge in [0, 0.05) is 6.54 Å². The lowest BCUT2D eigenvalue weighted by Gasteiger charge is -2.30. The van der Waals surface area contributed by atoms with E-state index in [1.165, 1.54) is 11.1 Å². The van der Waals surface area contributed by atoms with Gasteiger partial charge in [-0.05, 0) is 36.0 Å². The van der Waals surface area contributed by atoms with Crippen LogP contribution in [0.5, 0.6) is 0 Å². The van der Waals surface area contributed by atoms with E-state index in [-0.39, 0.29) is 29.8 Å². The third-order valence-electron chi connectivity index (χ3n) is 5.85. The van der Waals surface area contributed by atoms with Crippen molar-refractivity contribution in [2.45, 2.75) is 58.3 Å². The van der Waals surface area contributed by atoms with Gasteiger partial charge in [0.05, 0.1) is 12.1 Å². The average molecular weight is 394 g/mol. The molecular formula is C24H31N3O2. The second-order valence-corrected chi connectivity index (χ2v) is 7.92. The zero-order valence-electron chi connectivity index (χ0n) is 17.4. The number of hydrogen-bond donors (Lipinski definition) is 3. The number of fused-ring (bicyclic) bond motifs is 1. The van der Waals surface area contributed by atoms with Crippen LogP contribution >= 0.6 is 0 Å². The standard InChI is InChI=1S/C24H31N3O2/c1-4-16(2)22(24(29)26-17(3)18-10-6-5-7-11-18)27-23(28)21-14-19-12-8-9-13-20(19)15-25-21/h5-13,16-17,21-22,25H,4,14-15H2,1-3H3,(H,26,29)(H,27,28)/t16-,17-,21-,22-/m0/s1. The zero-order chi connectivity index (χ0) is 20.8. The minimum atomic E-state index is -0.558. The molecule has 0 aromatic heterocycles. The first-order chi connectivity index (χ1) is 14.0. The predicted molar refractivity (Wildman–Crippen MR) is 115 cm³/mol. The minimum Gasteiger partial charge on any atom is -0.348 e. The molecule has 0 radical (unpaired) electrons. The van der Waals surface area contributed by atoms with Crippen LogP contribution in [0.25, 0.3) is 0 Å². The summed E-state index contributed by atoms with van der Waals surface area (Å²) in [4.78, 5) is 25.9. The number of carbonyl (C=O) groups is 2. The van der Waals surface area contributed by atoms with Gasteiger partial charge in [-0.3, -0.25) is 9.59 Å². The summed E-state index contributed by atoms with van der Waals surface area (Å²) < 4.78 is 0. The molecule has 29 heavy (non-hydrogen) atoms. The molecule has 2 aromatic rings. The first-order valence-electron chi connectivity index (χ1n) is 10.5. The number of nitrogens with one attached hydrogen (secondary N) is 3. The molecule has 1 aliphatic heterocycles. The van der Waals surface area contributed by atoms with Gasteiger partial charge in [0.1, 0.15) is 6.04 Å². The largest absolute Gasteiger partial charge is 0.348 e. The lowest BCUT2D eigenvalue weighted by molar-refractivity contribution is -0.131. The summed E-state index contributed by atoms with van der Waals surface area (Å²) in [5.74, 6) is -0.217. The van der Waals surface area contributed by atoms with E-state index in [0.717, 1.165) is 12.0 Å². The van der Waals surface area contributed by atoms with E-state index >= 15 is 0 Å². The highest BCUT2D eigenvalue weighted by molar-refractivity contribution is 5.90. The monoisotopic (exact) mass is 393 g/mol. The fraction of sp³-hybridized carbons (Fsp3) is 0.417. The number of rotatable bonds is 7. The van der Waals surface area contributed by atoms with Crippen molar-refractivity contribution >= 4 is 11.8 Å². The minimum absolute atomic E-state index is 0.0396. The van der Waals surface area contributed by atoms with Crippen LogP contribution in [0.15, 0.2) is 54.6 Å². The molecule has 5 heteroatoms. The maximum atomic E-state index is 13.0. The van der Waals surface area contributed by atoms with E-state index in [9.17, 15) is 9.59 Å². The van der Waals surface area contributed by atoms with E-state index < -0.39 is 6.04 Å². The van der Waals surface area contributed by atoms with Gasteiger partial charge in [0.2, 0.25) is 11.8 Å². The Morgan fingerprint density at radius 2 is 1.66 bits per heavy atom. The van der Waals surface area contributed by atoms with E-state index in [4.69, 9.17) is 0 Å². The van der Waals surface area contributed by atoms with Crippen molar-refractivity contribution < 1.29 is 9.59 Å². The Balaban J connectivity index is 1.66. The van der Waals surface area contributed by atoms with Crippen molar-refractivity contribution in [3.05, 3.63) is 71.3 Å². The highest BCUT2D eigenvalue weighted by Crippen LogP contribution is 2.18. The van der Waals surface area contributed by atoms with Crippen molar-refractivity contribution in [1.82, 2.24) is 16.0 Å². The van der Waals surface area contributed by atoms with E-state index in [0.29, 0.717) is 13.0 Å². The average Bonchev–Trinajstić information content (AvgIpc) is 2.76. The van der Waals surface area contributed by atoms with Crippen LogP contribution in [-0.2, 0) is 22.6 Å². The van der Waals surface area contributed by atoms with E-state index in [1.807, 2.05) is 63.2 Å². The van der Waals surface area contributed by atoms with Gasteiger partial charge in [-0.2, -0.15) is 0 Å². The summed E-state index contributed by atoms with van der Waals surface area (Å²) >= 11 is 0. The molecule has 4 atom stereocenters. The summed E-state index contributed by atoms with van der Waals surface area (Å²) in [6.45, 7) is 6.66. The lowest BCUT2D eigenvalue weighted by Crippen LogP contribution is -2.56. The number of amides is 2. The molecule has 0 aliphatic carbocycles. The van der Waals surface area contributed by atoms with E-state index in [2.05, 4.69) is 28.1 Å². The predicted octanol–water partition coefficient (Wildman–Crippen LogP) is 3.11. The summed E-state index contributed by atoms with van der Waals surface area (Å²) in [6.07, 6.45) is 1.44. The third-order valence-corrected chi connectivity index (χ3v) is 5.85. The van der Waals surface area contributed by atoms with Gasteiger partial charge in [0.25, 0.3) is 0 Å². The van der Waals surface area contributed by atoms with Crippen molar-refractivity contribution in [3.63, 3.8) is 0 Å². The molecule has 0 fully saturated rings. The van der Waals surface area contributed by atoms with Crippen LogP contribution in [0.3, 0.4) is 0 Å². The molecular weight excluding hydrogens is 362 g/mol. The van der Waals surface area contributed by atoms with Crippen LogP contribution in [0, 0.1) is 5.92 Å². The van der Waals surface area contributed by atoms with Crippen molar-refractivity contribution in [2.75, 3.05) is 0 Å². The van der Waals surface area contributed by atoms with Crippen LogP contribution < -0.4 is 16.0 Å². The maximum Gasteiger partial charge on any atom is 0.243 e. The topological polar surface area (TPSA) is 70.2 Å². The first-order valence-corrected chi connectivity index (χ1v) is 10.5. The molecule has 0 saturated carbocycles. The Morgan fingerprint density at radius 3 is 2.34 bits per heavy atom. The Hall–Kier alpha value is -2.66. The normalized spacial score (nSPS) is 18.8. The van der Waals surface area contributed by atoms with Crippen LogP contribution in [0.1, 0.15) is 49.9 Å². The Kier molecular flexibility index (Phi) is 7.04. The third kappa shape index (κ3) is 5.24. The molecule has 1 aliphatic rings. The van der Waals surface area contributed by atoms with Crippen molar-refractivity contribution in [3.8, 4) is 0 Å². The molecule has 2 aromatic carbocycles. The van der Waals surface area contributed by atoms with Crippen LogP contribution in [0.2, 0.25) is 0 Å². The van der Waals surface area contributed by atoms with Gasteiger partial charge in [-0.1, -0.05) is 74.9 Å². The highest BCUT2D eigenvalue weighted by atomic mass is 16.2. The molecule has 3 N–H and O–H groups in total. The second-order valence-electron chi connectivity index (χ2n) is 7.92. The second kappa shape index (κ2) is 9.70. The maximum absolute atomic E-state index is 13.0. The lowest BCUT2D eigenvalue weighted by atomic mass is 9.94. The molecule has 2 amide bonds. The summed E-state index contributed by atoms with van der Waals surface area (Å²) in [6, 6.07) is 17.0. The molecule has 154 valence electrons. The Morgan fingerprint density at radius 1 is 1.00 bits per heavy atom. The van der Waals surface area contributed by atoms with Crippen LogP contribution in [-0.4, -0.2) is 23.9 Å². The number of benzene rings is 2. The highest BCUT2D eigenvalue weighted by Gasteiger charge is 2.31. The van der Waals surface area contributed by atoms with Crippen molar-refractivity contribution in [2.24, 2.45) is 5.92 Å². The molecule has 3 rings (SSSR count). The molecule has 0 bridgehead atoms. The molecule has 0 unspecified atom stereocenters. The van der Waals surface area contributed by atoms with Gasteiger partial charge >= 0.3 is 0 Å². The molecule has 1 heterocycles. The van der Waals surface area contributed by atoms with Gasteiger partial charge in [-0.15, -0.1) is 0 Å². The molecule has 0 saturated heterocycles. The summed E-state index contributed by atoms with van der Waals surface area (Å²) in [7, 11) is 0. The summed E-state index contributed by atoms with van der Waals surface area (Å²) in [5, 5.41) is 9.37. The first kappa shape index (κ1) is 21.1. The van der Waals surface area contributed by atoms with Gasteiger partial charge < -0.3 is 16.0 Å². The number of hydrogen-bond acceptors (Lipinski definition) is 3. The SMILES string of the molecule is CC[C@H](C)[C@H](NC(=O)[C@@H]1Cc2ccccc2CN1)C(=O)N[C@@H](C)c1ccccc1. The van der Waals surface area contributed by atoms with Crippen molar-refractivity contribution in [1.29, 1.82) is 0 Å². The fourth-order valence-electron chi connectivity index (χ4n) is 3.72. The van der Waals surface area contributed by atoms with Crippen LogP contribution in [0.4, 0.5) is 0 Å². The summed E-state index contributed by atoms with van der Waals surface area (Å²) in [5.41, 5.74) is 3.46. The molecule has 5 nitrogen and oxygen atoms in total. The van der Waals surface area contributed by atoms with Gasteiger partial charge in [0.15, 0.2) is 0 Å². The fourth-order valence-corrected chi connectivity index (χ4v) is 3.72. The Bertz CT molecular complexity index is 837. The number of carbonyl (C=O) groups excluding carboxylic acids is 2. The van der Waals surface area contributed by atoms with E-state index in [1.54, 1.807) is 0 Å². The zero-order valence-corrected chi connectivity index (χ0v) is 17.4. The Labute approximate surface area is 173 Å². The quantitative estimate of drug-likeness (QED) is 0.677. The smallest absolute Gasteiger partial charge is 0.243 e. The molecule has 0 spiro atoms. The van der Waals surface area contributed by atoms with Gasteiger partial charge in [-0.25, -0.2) is 0 Å².